The molecule has 0 fully saturated rings. The van der Waals surface area contributed by atoms with Crippen LogP contribution >= 0.6 is 0 Å². The predicted octanol–water partition coefficient (Wildman–Crippen LogP) is 2.10. The molecule has 2 N–H and O–H groups in total. The summed E-state index contributed by atoms with van der Waals surface area (Å²) in [5.41, 5.74) is 7.14. The maximum Gasteiger partial charge on any atom is 0.250 e. The van der Waals surface area contributed by atoms with Crippen molar-refractivity contribution in [1.29, 1.82) is 0 Å². The molecule has 1 aromatic heterocycles. The number of nitrogens with zero attached hydrogens (tertiary/aromatic N) is 2. The van der Waals surface area contributed by atoms with Gasteiger partial charge in [-0.05, 0) is 36.8 Å². The van der Waals surface area contributed by atoms with E-state index in [1.165, 1.54) is 18.2 Å². The first-order chi connectivity index (χ1) is 9.56. The van der Waals surface area contributed by atoms with Crippen LogP contribution in [0.15, 0.2) is 47.4 Å². The highest BCUT2D eigenvalue weighted by atomic mass is 19.1. The van der Waals surface area contributed by atoms with Gasteiger partial charge in [-0.1, -0.05) is 0 Å². The van der Waals surface area contributed by atoms with E-state index in [0.29, 0.717) is 12.2 Å². The number of aryl methyl sites for hydroxylation is 1. The van der Waals surface area contributed by atoms with Crippen LogP contribution in [0.25, 0.3) is 0 Å². The van der Waals surface area contributed by atoms with E-state index in [2.05, 4.69) is 0 Å². The van der Waals surface area contributed by atoms with Crippen LogP contribution in [0.1, 0.15) is 6.42 Å². The van der Waals surface area contributed by atoms with Crippen molar-refractivity contribution in [2.24, 2.45) is 0 Å². The molecule has 0 saturated carbocycles. The second kappa shape index (κ2) is 6.23. The zero-order valence-electron chi connectivity index (χ0n) is 11.4. The second-order valence-corrected chi connectivity index (χ2v) is 4.75. The molecule has 0 spiro atoms. The number of benzene rings is 1. The molecule has 2 rings (SSSR count). The van der Waals surface area contributed by atoms with E-state index < -0.39 is 0 Å². The van der Waals surface area contributed by atoms with Crippen LogP contribution in [-0.2, 0) is 6.54 Å². The minimum Gasteiger partial charge on any atom is -0.398 e. The summed E-state index contributed by atoms with van der Waals surface area (Å²) >= 11 is 0. The SMILES string of the molecule is CN(CCCn1cc(N)ccc1=O)c1ccc(F)cc1. The molecular formula is C15H18FN3O. The Morgan fingerprint density at radius 3 is 2.60 bits per heavy atom. The molecule has 0 amide bonds. The number of rotatable bonds is 5. The molecule has 0 unspecified atom stereocenters. The van der Waals surface area contributed by atoms with Crippen LogP contribution < -0.4 is 16.2 Å². The molecule has 0 saturated heterocycles. The molecule has 20 heavy (non-hydrogen) atoms. The van der Waals surface area contributed by atoms with Crippen LogP contribution in [0, 0.1) is 5.82 Å². The average molecular weight is 275 g/mol. The van der Waals surface area contributed by atoms with Gasteiger partial charge in [-0.2, -0.15) is 0 Å². The normalized spacial score (nSPS) is 10.5. The van der Waals surface area contributed by atoms with Crippen molar-refractivity contribution < 1.29 is 4.39 Å². The lowest BCUT2D eigenvalue weighted by Crippen LogP contribution is -2.23. The Hall–Kier alpha value is -2.30. The fourth-order valence-corrected chi connectivity index (χ4v) is 2.03. The summed E-state index contributed by atoms with van der Waals surface area (Å²) < 4.78 is 14.4. The average Bonchev–Trinajstić information content (AvgIpc) is 2.43. The Balaban J connectivity index is 1.91. The van der Waals surface area contributed by atoms with Gasteiger partial charge < -0.3 is 15.2 Å². The number of anilines is 2. The Morgan fingerprint density at radius 1 is 1.20 bits per heavy atom. The molecule has 4 nitrogen and oxygen atoms in total. The Morgan fingerprint density at radius 2 is 1.90 bits per heavy atom. The molecule has 2 aromatic rings. The van der Waals surface area contributed by atoms with Gasteiger partial charge in [-0.25, -0.2) is 4.39 Å². The van der Waals surface area contributed by atoms with Crippen LogP contribution in [0.2, 0.25) is 0 Å². The fourth-order valence-electron chi connectivity index (χ4n) is 2.03. The first-order valence-corrected chi connectivity index (χ1v) is 6.49. The highest BCUT2D eigenvalue weighted by Gasteiger charge is 2.02. The summed E-state index contributed by atoms with van der Waals surface area (Å²) in [5, 5.41) is 0. The van der Waals surface area contributed by atoms with E-state index in [4.69, 9.17) is 5.73 Å². The zero-order valence-corrected chi connectivity index (χ0v) is 11.4. The van der Waals surface area contributed by atoms with E-state index in [9.17, 15) is 9.18 Å². The monoisotopic (exact) mass is 275 g/mol. The number of pyridine rings is 1. The smallest absolute Gasteiger partial charge is 0.250 e. The van der Waals surface area contributed by atoms with Crippen molar-refractivity contribution in [3.63, 3.8) is 0 Å². The second-order valence-electron chi connectivity index (χ2n) is 4.75. The minimum absolute atomic E-state index is 0.0522. The quantitative estimate of drug-likeness (QED) is 0.909. The van der Waals surface area contributed by atoms with Crippen molar-refractivity contribution in [3.8, 4) is 0 Å². The third-order valence-corrected chi connectivity index (χ3v) is 3.17. The molecule has 0 aliphatic carbocycles. The lowest BCUT2D eigenvalue weighted by molar-refractivity contribution is 0.618. The molecule has 0 radical (unpaired) electrons. The molecule has 1 heterocycles. The van der Waals surface area contributed by atoms with E-state index in [-0.39, 0.29) is 11.4 Å². The molecule has 0 atom stereocenters. The van der Waals surface area contributed by atoms with Crippen molar-refractivity contribution in [1.82, 2.24) is 4.57 Å². The molecular weight excluding hydrogens is 257 g/mol. The summed E-state index contributed by atoms with van der Waals surface area (Å²) in [7, 11) is 1.94. The molecule has 0 bridgehead atoms. The Kier molecular flexibility index (Phi) is 4.40. The van der Waals surface area contributed by atoms with Crippen molar-refractivity contribution in [2.45, 2.75) is 13.0 Å². The number of halogens is 1. The van der Waals surface area contributed by atoms with Gasteiger partial charge in [-0.15, -0.1) is 0 Å². The summed E-state index contributed by atoms with van der Waals surface area (Å²) in [6.07, 6.45) is 2.46. The van der Waals surface area contributed by atoms with Gasteiger partial charge in [0.1, 0.15) is 5.82 Å². The lowest BCUT2D eigenvalue weighted by atomic mass is 10.2. The van der Waals surface area contributed by atoms with Gasteiger partial charge in [0, 0.05) is 43.8 Å². The van der Waals surface area contributed by atoms with E-state index in [1.54, 1.807) is 29.0 Å². The van der Waals surface area contributed by atoms with Crippen LogP contribution in [0.5, 0.6) is 0 Å². The fraction of sp³-hybridized carbons (Fsp3) is 0.267. The van der Waals surface area contributed by atoms with Gasteiger partial charge >= 0.3 is 0 Å². The Bertz CT molecular complexity index is 622. The number of nitrogen functional groups attached to an aromatic ring is 1. The predicted molar refractivity (Wildman–Crippen MR) is 79.4 cm³/mol. The molecule has 1 aromatic carbocycles. The molecule has 0 aliphatic heterocycles. The van der Waals surface area contributed by atoms with Crippen molar-refractivity contribution >= 4 is 11.4 Å². The van der Waals surface area contributed by atoms with Gasteiger partial charge in [0.2, 0.25) is 0 Å². The Labute approximate surface area is 117 Å². The highest BCUT2D eigenvalue weighted by Crippen LogP contribution is 2.13. The molecule has 106 valence electrons. The first kappa shape index (κ1) is 14.1. The lowest BCUT2D eigenvalue weighted by Gasteiger charge is -2.19. The van der Waals surface area contributed by atoms with E-state index in [1.807, 2.05) is 11.9 Å². The largest absolute Gasteiger partial charge is 0.398 e. The number of aromatic nitrogens is 1. The van der Waals surface area contributed by atoms with Crippen molar-refractivity contribution in [2.75, 3.05) is 24.2 Å². The zero-order chi connectivity index (χ0) is 14.5. The third kappa shape index (κ3) is 3.60. The van der Waals surface area contributed by atoms with Crippen LogP contribution in [0.3, 0.4) is 0 Å². The van der Waals surface area contributed by atoms with Crippen LogP contribution in [-0.4, -0.2) is 18.2 Å². The maximum atomic E-state index is 12.8. The van der Waals surface area contributed by atoms with Gasteiger partial charge in [-0.3, -0.25) is 4.79 Å². The van der Waals surface area contributed by atoms with Crippen LogP contribution in [0.4, 0.5) is 15.8 Å². The minimum atomic E-state index is -0.242. The summed E-state index contributed by atoms with van der Waals surface area (Å²) in [6.45, 7) is 1.38. The topological polar surface area (TPSA) is 51.3 Å². The van der Waals surface area contributed by atoms with E-state index >= 15 is 0 Å². The number of hydrogen-bond donors (Lipinski definition) is 1. The van der Waals surface area contributed by atoms with Gasteiger partial charge in [0.05, 0.1) is 0 Å². The standard InChI is InChI=1S/C15H18FN3O/c1-18(14-6-3-12(16)4-7-14)9-2-10-19-11-13(17)5-8-15(19)20/h3-8,11H,2,9-10,17H2,1H3. The van der Waals surface area contributed by atoms with E-state index in [0.717, 1.165) is 18.7 Å². The summed E-state index contributed by atoms with van der Waals surface area (Å²) in [4.78, 5) is 13.6. The highest BCUT2D eigenvalue weighted by molar-refractivity contribution is 5.45. The molecule has 5 heteroatoms. The van der Waals surface area contributed by atoms with Crippen molar-refractivity contribution in [3.05, 3.63) is 58.8 Å². The number of hydrogen-bond acceptors (Lipinski definition) is 3. The summed E-state index contributed by atoms with van der Waals surface area (Å²) in [5.74, 6) is -0.242. The van der Waals surface area contributed by atoms with Gasteiger partial charge in [0.25, 0.3) is 5.56 Å². The first-order valence-electron chi connectivity index (χ1n) is 6.49. The number of nitrogens with two attached hydrogens (primary N) is 1. The summed E-state index contributed by atoms with van der Waals surface area (Å²) in [6, 6.07) is 9.43. The van der Waals surface area contributed by atoms with Gasteiger partial charge in [0.15, 0.2) is 0 Å². The maximum absolute atomic E-state index is 12.8. The third-order valence-electron chi connectivity index (χ3n) is 3.17. The molecule has 0 aliphatic rings.